The minimum absolute atomic E-state index is 0.0114. The van der Waals surface area contributed by atoms with Crippen molar-refractivity contribution in [3.05, 3.63) is 12.3 Å². The second-order valence-corrected chi connectivity index (χ2v) is 3.08. The van der Waals surface area contributed by atoms with Crippen LogP contribution in [0.25, 0.3) is 0 Å². The van der Waals surface area contributed by atoms with Crippen molar-refractivity contribution in [3.8, 4) is 0 Å². The second kappa shape index (κ2) is 2.52. The molecule has 0 saturated heterocycles. The smallest absolute Gasteiger partial charge is 0.422 e. The molecule has 1 aliphatic rings. The molecule has 0 spiro atoms. The molecule has 1 aliphatic carbocycles. The van der Waals surface area contributed by atoms with Crippen LogP contribution < -0.4 is 5.59 Å². The quantitative estimate of drug-likeness (QED) is 0.593. The van der Waals surface area contributed by atoms with Crippen molar-refractivity contribution in [2.45, 2.75) is 18.4 Å². The monoisotopic (exact) mass is 188 g/mol. The number of aromatic nitrogens is 2. The zero-order chi connectivity index (χ0) is 9.64. The Morgan fingerprint density at radius 1 is 1.62 bits per heavy atom. The summed E-state index contributed by atoms with van der Waals surface area (Å²) in [6.45, 7) is 0. The Morgan fingerprint density at radius 2 is 2.23 bits per heavy atom. The predicted molar refractivity (Wildman–Crippen MR) is 40.7 cm³/mol. The summed E-state index contributed by atoms with van der Waals surface area (Å²) in [5, 5.41) is 20.9. The highest BCUT2D eigenvalue weighted by Gasteiger charge is 2.59. The van der Waals surface area contributed by atoms with Gasteiger partial charge in [-0.1, -0.05) is 0 Å². The molecule has 4 nitrogen and oxygen atoms in total. The molecule has 0 bridgehead atoms. The van der Waals surface area contributed by atoms with Crippen LogP contribution in [0.4, 0.5) is 8.78 Å². The first-order valence-corrected chi connectivity index (χ1v) is 3.80. The SMILES string of the molecule is OB(O)c1ccn(C2CC2(F)F)n1. The van der Waals surface area contributed by atoms with Gasteiger partial charge >= 0.3 is 7.12 Å². The van der Waals surface area contributed by atoms with Crippen LogP contribution in [0.1, 0.15) is 12.5 Å². The highest BCUT2D eigenvalue weighted by Crippen LogP contribution is 2.51. The Labute approximate surface area is 72.9 Å². The highest BCUT2D eigenvalue weighted by molar-refractivity contribution is 6.57. The van der Waals surface area contributed by atoms with E-state index in [4.69, 9.17) is 10.0 Å². The maximum atomic E-state index is 12.5. The topological polar surface area (TPSA) is 58.3 Å². The van der Waals surface area contributed by atoms with E-state index in [2.05, 4.69) is 5.10 Å². The van der Waals surface area contributed by atoms with Gasteiger partial charge in [-0.15, -0.1) is 0 Å². The van der Waals surface area contributed by atoms with Gasteiger partial charge in [0.15, 0.2) is 0 Å². The van der Waals surface area contributed by atoms with E-state index in [1.165, 1.54) is 12.3 Å². The molecule has 0 aromatic carbocycles. The van der Waals surface area contributed by atoms with Crippen LogP contribution in [0.5, 0.6) is 0 Å². The second-order valence-electron chi connectivity index (χ2n) is 3.08. The summed E-state index contributed by atoms with van der Waals surface area (Å²) in [4.78, 5) is 0. The molecule has 1 fully saturated rings. The summed E-state index contributed by atoms with van der Waals surface area (Å²) in [7, 11) is -1.70. The fraction of sp³-hybridized carbons (Fsp3) is 0.500. The summed E-state index contributed by atoms with van der Waals surface area (Å²) >= 11 is 0. The average Bonchev–Trinajstić information content (AvgIpc) is 2.50. The lowest BCUT2D eigenvalue weighted by atomic mass is 9.87. The van der Waals surface area contributed by atoms with Gasteiger partial charge in [0.1, 0.15) is 6.04 Å². The van der Waals surface area contributed by atoms with E-state index in [-0.39, 0.29) is 12.0 Å². The summed E-state index contributed by atoms with van der Waals surface area (Å²) in [5.41, 5.74) is -0.0114. The van der Waals surface area contributed by atoms with E-state index in [0.29, 0.717) is 0 Å². The van der Waals surface area contributed by atoms with Crippen LogP contribution >= 0.6 is 0 Å². The van der Waals surface area contributed by atoms with E-state index < -0.39 is 19.1 Å². The number of rotatable bonds is 2. The van der Waals surface area contributed by atoms with Crippen LogP contribution in [0.3, 0.4) is 0 Å². The number of hydrogen-bond acceptors (Lipinski definition) is 3. The maximum Gasteiger partial charge on any atom is 0.510 e. The molecule has 70 valence electrons. The molecular formula is C6H7BF2N2O2. The molecule has 1 heterocycles. The first-order valence-electron chi connectivity index (χ1n) is 3.80. The van der Waals surface area contributed by atoms with Crippen molar-refractivity contribution < 1.29 is 18.8 Å². The maximum absolute atomic E-state index is 12.5. The van der Waals surface area contributed by atoms with Crippen LogP contribution in [-0.2, 0) is 0 Å². The van der Waals surface area contributed by atoms with Crippen LogP contribution in [-0.4, -0.2) is 32.9 Å². The Bertz CT molecular complexity index is 328. The van der Waals surface area contributed by atoms with E-state index in [1.807, 2.05) is 0 Å². The van der Waals surface area contributed by atoms with Crippen LogP contribution in [0.2, 0.25) is 0 Å². The summed E-state index contributed by atoms with van der Waals surface area (Å²) < 4.78 is 26.1. The lowest BCUT2D eigenvalue weighted by molar-refractivity contribution is 0.0984. The van der Waals surface area contributed by atoms with Gasteiger partial charge in [-0.25, -0.2) is 8.78 Å². The van der Waals surface area contributed by atoms with Crippen molar-refractivity contribution in [1.82, 2.24) is 9.78 Å². The molecule has 1 aromatic heterocycles. The lowest BCUT2D eigenvalue weighted by Crippen LogP contribution is -2.31. The van der Waals surface area contributed by atoms with E-state index >= 15 is 0 Å². The third kappa shape index (κ3) is 1.44. The number of halogens is 2. The molecule has 1 saturated carbocycles. The summed E-state index contributed by atoms with van der Waals surface area (Å²) in [5.74, 6) is -2.69. The van der Waals surface area contributed by atoms with E-state index in [1.54, 1.807) is 0 Å². The fourth-order valence-corrected chi connectivity index (χ4v) is 1.15. The van der Waals surface area contributed by atoms with Crippen molar-refractivity contribution in [2.75, 3.05) is 0 Å². The Morgan fingerprint density at radius 3 is 2.62 bits per heavy atom. The largest absolute Gasteiger partial charge is 0.510 e. The molecule has 7 heteroatoms. The average molecular weight is 188 g/mol. The number of nitrogens with zero attached hydrogens (tertiary/aromatic N) is 2. The molecule has 2 rings (SSSR count). The van der Waals surface area contributed by atoms with Gasteiger partial charge in [-0.3, -0.25) is 4.68 Å². The van der Waals surface area contributed by atoms with Gasteiger partial charge in [-0.2, -0.15) is 5.10 Å². The van der Waals surface area contributed by atoms with Gasteiger partial charge in [-0.05, 0) is 6.07 Å². The van der Waals surface area contributed by atoms with Gasteiger partial charge < -0.3 is 10.0 Å². The summed E-state index contributed by atoms with van der Waals surface area (Å²) in [6, 6.07) is 0.388. The molecule has 0 amide bonds. The molecule has 0 aliphatic heterocycles. The first-order chi connectivity index (χ1) is 6.00. The van der Waals surface area contributed by atoms with Crippen molar-refractivity contribution in [1.29, 1.82) is 0 Å². The number of alkyl halides is 2. The fourth-order valence-electron chi connectivity index (χ4n) is 1.15. The molecule has 1 aromatic rings. The molecule has 2 N–H and O–H groups in total. The molecule has 0 radical (unpaired) electrons. The highest BCUT2D eigenvalue weighted by atomic mass is 19.3. The minimum atomic E-state index is -2.69. The standard InChI is InChI=1S/C6H7BF2N2O2/c8-6(9)3-4(6)11-2-1-5(10-11)7(12)13/h1-2,4,12-13H,3H2. The van der Waals surface area contributed by atoms with Crippen molar-refractivity contribution in [2.24, 2.45) is 0 Å². The van der Waals surface area contributed by atoms with Gasteiger partial charge in [0.05, 0.1) is 5.59 Å². The number of hydrogen-bond donors (Lipinski definition) is 2. The predicted octanol–water partition coefficient (Wildman–Crippen LogP) is -0.857. The molecule has 13 heavy (non-hydrogen) atoms. The molecule has 1 atom stereocenters. The van der Waals surface area contributed by atoms with Gasteiger partial charge in [0.25, 0.3) is 5.92 Å². The van der Waals surface area contributed by atoms with E-state index in [0.717, 1.165) is 4.68 Å². The Balaban J connectivity index is 2.16. The van der Waals surface area contributed by atoms with Crippen LogP contribution in [0.15, 0.2) is 12.3 Å². The van der Waals surface area contributed by atoms with Crippen LogP contribution in [0, 0.1) is 0 Å². The van der Waals surface area contributed by atoms with Crippen molar-refractivity contribution in [3.63, 3.8) is 0 Å². The first kappa shape index (κ1) is 8.64. The van der Waals surface area contributed by atoms with Gasteiger partial charge in [0, 0.05) is 12.6 Å². The zero-order valence-corrected chi connectivity index (χ0v) is 6.56. The zero-order valence-electron chi connectivity index (χ0n) is 6.56. The lowest BCUT2D eigenvalue weighted by Gasteiger charge is -1.97. The summed E-state index contributed by atoms with van der Waals surface area (Å²) in [6.07, 6.45) is 1.09. The van der Waals surface area contributed by atoms with E-state index in [9.17, 15) is 8.78 Å². The van der Waals surface area contributed by atoms with Gasteiger partial charge in [0.2, 0.25) is 0 Å². The molecular weight excluding hydrogens is 181 g/mol. The molecule has 1 unspecified atom stereocenters. The Hall–Kier alpha value is -0.945. The minimum Gasteiger partial charge on any atom is -0.422 e. The Kier molecular flexibility index (Phi) is 1.68. The normalized spacial score (nSPS) is 24.5. The third-order valence-corrected chi connectivity index (χ3v) is 2.01. The third-order valence-electron chi connectivity index (χ3n) is 2.01. The van der Waals surface area contributed by atoms with Crippen molar-refractivity contribution >= 4 is 12.7 Å².